The van der Waals surface area contributed by atoms with E-state index in [4.69, 9.17) is 0 Å². The Kier molecular flexibility index (Phi) is 4.22. The van der Waals surface area contributed by atoms with Crippen LogP contribution in [0.1, 0.15) is 36.8 Å². The lowest BCUT2D eigenvalue weighted by Gasteiger charge is -2.35. The van der Waals surface area contributed by atoms with Gasteiger partial charge in [0, 0.05) is 30.3 Å². The Balaban J connectivity index is 1.60. The van der Waals surface area contributed by atoms with Gasteiger partial charge in [-0.15, -0.1) is 0 Å². The van der Waals surface area contributed by atoms with E-state index in [0.717, 1.165) is 23.7 Å². The molecule has 2 heterocycles. The fourth-order valence-corrected chi connectivity index (χ4v) is 3.72. The van der Waals surface area contributed by atoms with Crippen molar-refractivity contribution >= 4 is 5.69 Å². The van der Waals surface area contributed by atoms with Gasteiger partial charge in [-0.3, -0.25) is 10.1 Å². The minimum absolute atomic E-state index is 0.222. The second kappa shape index (κ2) is 6.12. The van der Waals surface area contributed by atoms with Crippen LogP contribution in [0.5, 0.6) is 0 Å². The van der Waals surface area contributed by atoms with Crippen molar-refractivity contribution in [1.82, 2.24) is 10.2 Å². The molecule has 0 bridgehead atoms. The highest BCUT2D eigenvalue weighted by Gasteiger charge is 2.31. The first-order valence-corrected chi connectivity index (χ1v) is 7.85. The van der Waals surface area contributed by atoms with E-state index < -0.39 is 0 Å². The molecule has 0 radical (unpaired) electrons. The van der Waals surface area contributed by atoms with Crippen molar-refractivity contribution in [2.45, 2.75) is 51.2 Å². The molecular formula is C16H23N3O2. The zero-order valence-electron chi connectivity index (χ0n) is 12.5. The predicted octanol–water partition coefficient (Wildman–Crippen LogP) is 2.62. The molecule has 5 heteroatoms. The van der Waals surface area contributed by atoms with E-state index in [1.54, 1.807) is 12.1 Å². The fraction of sp³-hybridized carbons (Fsp3) is 0.625. The lowest BCUT2D eigenvalue weighted by molar-refractivity contribution is -0.385. The van der Waals surface area contributed by atoms with Crippen LogP contribution < -0.4 is 5.32 Å². The molecule has 114 valence electrons. The number of piperidine rings is 1. The first-order valence-electron chi connectivity index (χ1n) is 7.85. The molecule has 0 aromatic heterocycles. The number of nitro benzene ring substituents is 1. The summed E-state index contributed by atoms with van der Waals surface area (Å²) in [6, 6.07) is 6.64. The molecule has 2 aliphatic heterocycles. The average molecular weight is 289 g/mol. The van der Waals surface area contributed by atoms with E-state index >= 15 is 0 Å². The summed E-state index contributed by atoms with van der Waals surface area (Å²) >= 11 is 0. The molecule has 0 spiro atoms. The molecule has 2 aliphatic rings. The Morgan fingerprint density at radius 2 is 2.24 bits per heavy atom. The van der Waals surface area contributed by atoms with Gasteiger partial charge in [0.05, 0.1) is 4.92 Å². The lowest BCUT2D eigenvalue weighted by Crippen LogP contribution is -2.45. The molecule has 0 aliphatic carbocycles. The van der Waals surface area contributed by atoms with Gasteiger partial charge < -0.3 is 10.2 Å². The van der Waals surface area contributed by atoms with Crippen molar-refractivity contribution < 1.29 is 4.92 Å². The topological polar surface area (TPSA) is 58.4 Å². The summed E-state index contributed by atoms with van der Waals surface area (Å²) in [6.45, 7) is 5.03. The molecule has 1 N–H and O–H groups in total. The molecule has 2 fully saturated rings. The Morgan fingerprint density at radius 1 is 1.38 bits per heavy atom. The zero-order valence-corrected chi connectivity index (χ0v) is 12.5. The Labute approximate surface area is 125 Å². The van der Waals surface area contributed by atoms with Gasteiger partial charge in [0.2, 0.25) is 0 Å². The van der Waals surface area contributed by atoms with Gasteiger partial charge in [0.1, 0.15) is 0 Å². The molecule has 2 saturated heterocycles. The molecule has 0 amide bonds. The number of fused-ring (bicyclic) bond motifs is 1. The molecule has 2 atom stereocenters. The summed E-state index contributed by atoms with van der Waals surface area (Å²) in [4.78, 5) is 13.3. The number of nitrogens with one attached hydrogen (secondary N) is 1. The summed E-state index contributed by atoms with van der Waals surface area (Å²) < 4.78 is 0. The van der Waals surface area contributed by atoms with Gasteiger partial charge in [0.25, 0.3) is 5.69 Å². The first kappa shape index (κ1) is 14.5. The minimum Gasteiger partial charge on any atom is -0.310 e. The third-order valence-electron chi connectivity index (χ3n) is 5.02. The SMILES string of the molecule is Cc1c(CNC2CCN3CCCC3C2)cccc1[N+](=O)[O-]. The van der Waals surface area contributed by atoms with E-state index in [1.165, 1.54) is 38.8 Å². The second-order valence-corrected chi connectivity index (χ2v) is 6.25. The van der Waals surface area contributed by atoms with E-state index in [1.807, 2.05) is 13.0 Å². The van der Waals surface area contributed by atoms with Crippen molar-refractivity contribution in [3.63, 3.8) is 0 Å². The van der Waals surface area contributed by atoms with E-state index in [2.05, 4.69) is 10.2 Å². The van der Waals surface area contributed by atoms with Crippen LogP contribution in [-0.2, 0) is 6.54 Å². The van der Waals surface area contributed by atoms with Crippen LogP contribution in [0.3, 0.4) is 0 Å². The number of hydrogen-bond donors (Lipinski definition) is 1. The van der Waals surface area contributed by atoms with Crippen molar-refractivity contribution in [3.8, 4) is 0 Å². The molecule has 1 aromatic carbocycles. The van der Waals surface area contributed by atoms with Crippen LogP contribution in [0.25, 0.3) is 0 Å². The Bertz CT molecular complexity index is 532. The molecular weight excluding hydrogens is 266 g/mol. The molecule has 21 heavy (non-hydrogen) atoms. The maximum Gasteiger partial charge on any atom is 0.272 e. The van der Waals surface area contributed by atoms with Crippen molar-refractivity contribution in [1.29, 1.82) is 0 Å². The number of hydrogen-bond acceptors (Lipinski definition) is 4. The largest absolute Gasteiger partial charge is 0.310 e. The second-order valence-electron chi connectivity index (χ2n) is 6.25. The highest BCUT2D eigenvalue weighted by Crippen LogP contribution is 2.27. The molecule has 3 rings (SSSR count). The van der Waals surface area contributed by atoms with Crippen LogP contribution in [0.2, 0.25) is 0 Å². The van der Waals surface area contributed by atoms with Crippen LogP contribution in [0.15, 0.2) is 18.2 Å². The average Bonchev–Trinajstić information content (AvgIpc) is 2.93. The summed E-state index contributed by atoms with van der Waals surface area (Å²) in [5.74, 6) is 0. The van der Waals surface area contributed by atoms with Gasteiger partial charge in [-0.25, -0.2) is 0 Å². The molecule has 1 aromatic rings. The zero-order chi connectivity index (χ0) is 14.8. The number of benzene rings is 1. The van der Waals surface area contributed by atoms with Crippen LogP contribution in [-0.4, -0.2) is 35.0 Å². The maximum absolute atomic E-state index is 11.0. The van der Waals surface area contributed by atoms with E-state index in [9.17, 15) is 10.1 Å². The number of rotatable bonds is 4. The number of nitro groups is 1. The maximum atomic E-state index is 11.0. The van der Waals surface area contributed by atoms with Crippen molar-refractivity contribution in [3.05, 3.63) is 39.4 Å². The standard InChI is InChI=1S/C16H23N3O2/c1-12-13(4-2-6-16(12)19(20)21)11-17-14-7-9-18-8-3-5-15(18)10-14/h2,4,6,14-15,17H,3,5,7-11H2,1H3. The molecule has 2 unspecified atom stereocenters. The number of nitrogens with zero attached hydrogens (tertiary/aromatic N) is 2. The van der Waals surface area contributed by atoms with Crippen LogP contribution in [0, 0.1) is 17.0 Å². The van der Waals surface area contributed by atoms with Crippen molar-refractivity contribution in [2.24, 2.45) is 0 Å². The first-order chi connectivity index (χ1) is 10.1. The summed E-state index contributed by atoms with van der Waals surface area (Å²) in [6.07, 6.45) is 5.06. The molecule has 5 nitrogen and oxygen atoms in total. The Hall–Kier alpha value is -1.46. The highest BCUT2D eigenvalue weighted by atomic mass is 16.6. The van der Waals surface area contributed by atoms with Gasteiger partial charge >= 0.3 is 0 Å². The normalized spacial score (nSPS) is 25.8. The van der Waals surface area contributed by atoms with E-state index in [-0.39, 0.29) is 10.6 Å². The predicted molar refractivity (Wildman–Crippen MR) is 82.3 cm³/mol. The lowest BCUT2D eigenvalue weighted by atomic mass is 9.97. The quantitative estimate of drug-likeness (QED) is 0.684. The van der Waals surface area contributed by atoms with Gasteiger partial charge in [-0.05, 0) is 51.3 Å². The van der Waals surface area contributed by atoms with E-state index in [0.29, 0.717) is 6.04 Å². The van der Waals surface area contributed by atoms with Crippen LogP contribution >= 0.6 is 0 Å². The Morgan fingerprint density at radius 3 is 3.05 bits per heavy atom. The van der Waals surface area contributed by atoms with Gasteiger partial charge in [-0.1, -0.05) is 12.1 Å². The molecule has 0 saturated carbocycles. The summed E-state index contributed by atoms with van der Waals surface area (Å²) in [7, 11) is 0. The monoisotopic (exact) mass is 289 g/mol. The van der Waals surface area contributed by atoms with Crippen LogP contribution in [0.4, 0.5) is 5.69 Å². The van der Waals surface area contributed by atoms with Gasteiger partial charge in [-0.2, -0.15) is 0 Å². The van der Waals surface area contributed by atoms with Gasteiger partial charge in [0.15, 0.2) is 0 Å². The third kappa shape index (κ3) is 3.09. The summed E-state index contributed by atoms with van der Waals surface area (Å²) in [5.41, 5.74) is 2.05. The fourth-order valence-electron chi connectivity index (χ4n) is 3.72. The smallest absolute Gasteiger partial charge is 0.272 e. The highest BCUT2D eigenvalue weighted by molar-refractivity contribution is 5.44. The minimum atomic E-state index is -0.296. The van der Waals surface area contributed by atoms with Crippen molar-refractivity contribution in [2.75, 3.05) is 13.1 Å². The third-order valence-corrected chi connectivity index (χ3v) is 5.02. The summed E-state index contributed by atoms with van der Waals surface area (Å²) in [5, 5.41) is 14.6.